The van der Waals surface area contributed by atoms with Crippen molar-refractivity contribution in [3.05, 3.63) is 17.5 Å². The zero-order valence-electron chi connectivity index (χ0n) is 9.76. The highest BCUT2D eigenvalue weighted by Crippen LogP contribution is 2.05. The minimum Gasteiger partial charge on any atom is -0.310 e. The maximum atomic E-state index is 6.11. The summed E-state index contributed by atoms with van der Waals surface area (Å²) < 4.78 is 1.91. The fraction of sp³-hybridized carbons (Fsp3) is 0.727. The maximum absolute atomic E-state index is 6.11. The molecule has 1 aromatic rings. The van der Waals surface area contributed by atoms with E-state index in [1.807, 2.05) is 18.7 Å². The first-order valence-electron chi connectivity index (χ1n) is 5.47. The average molecular weight is 230 g/mol. The minimum absolute atomic E-state index is 0.240. The van der Waals surface area contributed by atoms with Crippen molar-refractivity contribution in [2.75, 3.05) is 6.54 Å². The van der Waals surface area contributed by atoms with E-state index in [-0.39, 0.29) is 5.38 Å². The third-order valence-corrected chi connectivity index (χ3v) is 2.75. The molecule has 0 aromatic carbocycles. The number of nitrogens with one attached hydrogen (secondary N) is 1. The van der Waals surface area contributed by atoms with E-state index >= 15 is 0 Å². The predicted octanol–water partition coefficient (Wildman–Crippen LogP) is 2.23. The molecule has 0 aliphatic carbocycles. The average Bonchev–Trinajstić information content (AvgIpc) is 2.46. The quantitative estimate of drug-likeness (QED) is 0.759. The van der Waals surface area contributed by atoms with Crippen molar-refractivity contribution < 1.29 is 0 Å². The molecule has 1 aromatic heterocycles. The molecule has 0 saturated carbocycles. The van der Waals surface area contributed by atoms with Gasteiger partial charge in [0.15, 0.2) is 0 Å². The highest BCUT2D eigenvalue weighted by atomic mass is 35.5. The number of hydrogen-bond donors (Lipinski definition) is 1. The van der Waals surface area contributed by atoms with E-state index in [2.05, 4.69) is 23.4 Å². The Morgan fingerprint density at radius 3 is 2.87 bits per heavy atom. The third kappa shape index (κ3) is 4.22. The summed E-state index contributed by atoms with van der Waals surface area (Å²) in [6.07, 6.45) is 2.21. The van der Waals surface area contributed by atoms with Gasteiger partial charge >= 0.3 is 0 Å². The van der Waals surface area contributed by atoms with Crippen molar-refractivity contribution in [2.24, 2.45) is 7.05 Å². The molecule has 0 saturated heterocycles. The number of halogens is 1. The van der Waals surface area contributed by atoms with Crippen LogP contribution in [0.4, 0.5) is 0 Å². The summed E-state index contributed by atoms with van der Waals surface area (Å²) in [5.74, 6) is 0. The number of nitrogens with zero attached hydrogens (tertiary/aromatic N) is 2. The molecule has 1 N–H and O–H groups in total. The number of hydrogen-bond acceptors (Lipinski definition) is 2. The van der Waals surface area contributed by atoms with Gasteiger partial charge < -0.3 is 5.32 Å². The summed E-state index contributed by atoms with van der Waals surface area (Å²) in [7, 11) is 1.97. The second-order valence-electron chi connectivity index (χ2n) is 3.92. The van der Waals surface area contributed by atoms with E-state index in [1.54, 1.807) is 0 Å². The Labute approximate surface area is 96.8 Å². The van der Waals surface area contributed by atoms with Crippen molar-refractivity contribution in [2.45, 2.75) is 38.6 Å². The van der Waals surface area contributed by atoms with E-state index in [9.17, 15) is 0 Å². The van der Waals surface area contributed by atoms with Gasteiger partial charge in [0.05, 0.1) is 11.4 Å². The van der Waals surface area contributed by atoms with Gasteiger partial charge in [0.25, 0.3) is 0 Å². The molecule has 1 rings (SSSR count). The molecule has 15 heavy (non-hydrogen) atoms. The number of alkyl halides is 1. The van der Waals surface area contributed by atoms with E-state index in [0.29, 0.717) is 0 Å². The first kappa shape index (κ1) is 12.5. The molecule has 0 bridgehead atoms. The molecule has 86 valence electrons. The Hall–Kier alpha value is -0.540. The predicted molar refractivity (Wildman–Crippen MR) is 64.2 cm³/mol. The van der Waals surface area contributed by atoms with Gasteiger partial charge in [-0.1, -0.05) is 13.3 Å². The Balaban J connectivity index is 2.28. The van der Waals surface area contributed by atoms with Crippen LogP contribution in [0.2, 0.25) is 0 Å². The van der Waals surface area contributed by atoms with Gasteiger partial charge in [-0.15, -0.1) is 11.6 Å². The monoisotopic (exact) mass is 229 g/mol. The molecule has 0 fully saturated rings. The van der Waals surface area contributed by atoms with E-state index in [0.717, 1.165) is 31.6 Å². The molecule has 0 amide bonds. The van der Waals surface area contributed by atoms with Gasteiger partial charge in [0.2, 0.25) is 0 Å². The lowest BCUT2D eigenvalue weighted by atomic mass is 10.2. The second-order valence-corrected chi connectivity index (χ2v) is 4.53. The summed E-state index contributed by atoms with van der Waals surface area (Å²) in [5, 5.41) is 7.88. The molecule has 4 heteroatoms. The largest absolute Gasteiger partial charge is 0.310 e. The zero-order chi connectivity index (χ0) is 11.3. The SMILES string of the molecule is CCCC(Cl)CNCc1cc(C)nn1C. The molecular weight excluding hydrogens is 210 g/mol. The zero-order valence-corrected chi connectivity index (χ0v) is 10.5. The second kappa shape index (κ2) is 6.13. The van der Waals surface area contributed by atoms with Crippen LogP contribution >= 0.6 is 11.6 Å². The van der Waals surface area contributed by atoms with Crippen LogP contribution in [0.3, 0.4) is 0 Å². The van der Waals surface area contributed by atoms with Gasteiger partial charge in [-0.25, -0.2) is 0 Å². The fourth-order valence-electron chi connectivity index (χ4n) is 1.60. The summed E-state index contributed by atoms with van der Waals surface area (Å²) in [4.78, 5) is 0. The third-order valence-electron chi connectivity index (χ3n) is 2.37. The summed E-state index contributed by atoms with van der Waals surface area (Å²) >= 11 is 6.11. The lowest BCUT2D eigenvalue weighted by Crippen LogP contribution is -2.23. The van der Waals surface area contributed by atoms with Crippen LogP contribution in [-0.2, 0) is 13.6 Å². The molecule has 0 radical (unpaired) electrons. The molecule has 0 aliphatic heterocycles. The van der Waals surface area contributed by atoms with Crippen LogP contribution in [0.5, 0.6) is 0 Å². The number of aromatic nitrogens is 2. The van der Waals surface area contributed by atoms with Gasteiger partial charge in [-0.2, -0.15) is 5.10 Å². The van der Waals surface area contributed by atoms with Crippen molar-refractivity contribution in [1.29, 1.82) is 0 Å². The van der Waals surface area contributed by atoms with Crippen LogP contribution in [0, 0.1) is 6.92 Å². The highest BCUT2D eigenvalue weighted by Gasteiger charge is 2.04. The first-order valence-corrected chi connectivity index (χ1v) is 5.91. The maximum Gasteiger partial charge on any atom is 0.0597 e. The van der Waals surface area contributed by atoms with Crippen LogP contribution in [0.15, 0.2) is 6.07 Å². The summed E-state index contributed by atoms with van der Waals surface area (Å²) in [5.41, 5.74) is 2.26. The molecular formula is C11H20ClN3. The summed E-state index contributed by atoms with van der Waals surface area (Å²) in [6.45, 7) is 5.86. The molecule has 1 atom stereocenters. The van der Waals surface area contributed by atoms with E-state index < -0.39 is 0 Å². The Morgan fingerprint density at radius 2 is 2.33 bits per heavy atom. The van der Waals surface area contributed by atoms with Crippen molar-refractivity contribution in [3.8, 4) is 0 Å². The molecule has 0 spiro atoms. The fourth-order valence-corrected chi connectivity index (χ4v) is 1.93. The normalized spacial score (nSPS) is 13.1. The van der Waals surface area contributed by atoms with Gasteiger partial charge in [0, 0.05) is 25.5 Å². The van der Waals surface area contributed by atoms with E-state index in [1.165, 1.54) is 5.69 Å². The van der Waals surface area contributed by atoms with Crippen molar-refractivity contribution in [1.82, 2.24) is 15.1 Å². The molecule has 0 aliphatic rings. The Kier molecular flexibility index (Phi) is 5.12. The molecule has 1 heterocycles. The lowest BCUT2D eigenvalue weighted by molar-refractivity contribution is 0.592. The smallest absolute Gasteiger partial charge is 0.0597 e. The highest BCUT2D eigenvalue weighted by molar-refractivity contribution is 6.20. The number of rotatable bonds is 6. The Bertz CT molecular complexity index is 296. The van der Waals surface area contributed by atoms with Crippen LogP contribution in [-0.4, -0.2) is 21.7 Å². The van der Waals surface area contributed by atoms with Crippen molar-refractivity contribution >= 4 is 11.6 Å². The standard InChI is InChI=1S/C11H20ClN3/c1-4-5-10(12)7-13-8-11-6-9(2)14-15(11)3/h6,10,13H,4-5,7-8H2,1-3H3. The number of aryl methyl sites for hydroxylation is 2. The lowest BCUT2D eigenvalue weighted by Gasteiger charge is -2.09. The van der Waals surface area contributed by atoms with Crippen LogP contribution in [0.1, 0.15) is 31.2 Å². The van der Waals surface area contributed by atoms with Crippen LogP contribution < -0.4 is 5.32 Å². The van der Waals surface area contributed by atoms with Gasteiger partial charge in [-0.3, -0.25) is 4.68 Å². The van der Waals surface area contributed by atoms with Crippen molar-refractivity contribution in [3.63, 3.8) is 0 Å². The minimum atomic E-state index is 0.240. The van der Waals surface area contributed by atoms with Gasteiger partial charge in [-0.05, 0) is 19.4 Å². The van der Waals surface area contributed by atoms with Gasteiger partial charge in [0.1, 0.15) is 0 Å². The van der Waals surface area contributed by atoms with E-state index in [4.69, 9.17) is 11.6 Å². The molecule has 3 nitrogen and oxygen atoms in total. The van der Waals surface area contributed by atoms with Crippen LogP contribution in [0.25, 0.3) is 0 Å². The summed E-state index contributed by atoms with van der Waals surface area (Å²) in [6, 6.07) is 2.09. The molecule has 1 unspecified atom stereocenters. The topological polar surface area (TPSA) is 29.9 Å². The Morgan fingerprint density at radius 1 is 1.60 bits per heavy atom. The first-order chi connectivity index (χ1) is 7.13.